The number of nitrogens with zero attached hydrogens (tertiary/aromatic N) is 1. The maximum atomic E-state index is 11.9. The molecule has 6 nitrogen and oxygen atoms in total. The first-order valence-electron chi connectivity index (χ1n) is 6.79. The van der Waals surface area contributed by atoms with Crippen LogP contribution in [0.1, 0.15) is 37.3 Å². The van der Waals surface area contributed by atoms with Gasteiger partial charge in [0, 0.05) is 0 Å². The lowest BCUT2D eigenvalue weighted by atomic mass is 10.1. The van der Waals surface area contributed by atoms with Gasteiger partial charge in [0.2, 0.25) is 0 Å². The van der Waals surface area contributed by atoms with Gasteiger partial charge in [0.05, 0.1) is 11.3 Å². The number of benzene rings is 1. The normalized spacial score (nSPS) is 11.3. The minimum atomic E-state index is -1.07. The Morgan fingerprint density at radius 3 is 2.71 bits per heavy atom. The van der Waals surface area contributed by atoms with Gasteiger partial charge in [-0.1, -0.05) is 31.9 Å². The maximum Gasteiger partial charge on any atom is 0.326 e. The summed E-state index contributed by atoms with van der Waals surface area (Å²) in [6, 6.07) is 5.56. The van der Waals surface area contributed by atoms with Crippen molar-refractivity contribution in [3.8, 4) is 6.07 Å². The van der Waals surface area contributed by atoms with Crippen LogP contribution in [-0.4, -0.2) is 23.1 Å². The van der Waals surface area contributed by atoms with Gasteiger partial charge in [0.25, 0.3) is 0 Å². The summed E-state index contributed by atoms with van der Waals surface area (Å²) in [5.74, 6) is -1.07. The number of amides is 2. The number of carboxylic acids is 1. The van der Waals surface area contributed by atoms with Crippen LogP contribution in [0.5, 0.6) is 0 Å². The molecule has 3 N–H and O–H groups in total. The van der Waals surface area contributed by atoms with Crippen LogP contribution < -0.4 is 10.6 Å². The van der Waals surface area contributed by atoms with E-state index in [1.165, 1.54) is 0 Å². The number of anilines is 1. The van der Waals surface area contributed by atoms with Gasteiger partial charge < -0.3 is 15.7 Å². The number of carbonyl (C=O) groups is 2. The Morgan fingerprint density at radius 1 is 1.43 bits per heavy atom. The van der Waals surface area contributed by atoms with E-state index in [2.05, 4.69) is 10.6 Å². The number of nitriles is 1. The van der Waals surface area contributed by atoms with Crippen molar-refractivity contribution in [2.45, 2.75) is 39.2 Å². The molecule has 21 heavy (non-hydrogen) atoms. The number of urea groups is 1. The van der Waals surface area contributed by atoms with Gasteiger partial charge in [-0.3, -0.25) is 0 Å². The second-order valence-corrected chi connectivity index (χ2v) is 4.74. The van der Waals surface area contributed by atoms with Crippen LogP contribution >= 0.6 is 0 Å². The fraction of sp³-hybridized carbons (Fsp3) is 0.400. The topological polar surface area (TPSA) is 102 Å². The zero-order chi connectivity index (χ0) is 15.8. The third-order valence-electron chi connectivity index (χ3n) is 3.08. The largest absolute Gasteiger partial charge is 0.480 e. The Morgan fingerprint density at radius 2 is 2.14 bits per heavy atom. The minimum Gasteiger partial charge on any atom is -0.480 e. The van der Waals surface area contributed by atoms with Gasteiger partial charge in [0.15, 0.2) is 0 Å². The SMILES string of the molecule is CCCC[C@H](NC(=O)Nc1cccc(C)c1C#N)C(=O)O. The number of rotatable bonds is 6. The summed E-state index contributed by atoms with van der Waals surface area (Å²) in [5.41, 5.74) is 1.48. The first kappa shape index (κ1) is 16.5. The summed E-state index contributed by atoms with van der Waals surface area (Å²) < 4.78 is 0. The molecule has 0 saturated carbocycles. The maximum absolute atomic E-state index is 11.9. The summed E-state index contributed by atoms with van der Waals surface area (Å²) in [7, 11) is 0. The molecular formula is C15H19N3O3. The predicted molar refractivity (Wildman–Crippen MR) is 79.0 cm³/mol. The van der Waals surface area contributed by atoms with Crippen molar-refractivity contribution in [3.63, 3.8) is 0 Å². The van der Waals surface area contributed by atoms with Crippen LogP contribution in [0.4, 0.5) is 10.5 Å². The Kier molecular flexibility index (Phi) is 6.21. The summed E-state index contributed by atoms with van der Waals surface area (Å²) >= 11 is 0. The average Bonchev–Trinajstić information content (AvgIpc) is 2.43. The van der Waals surface area contributed by atoms with Crippen molar-refractivity contribution in [1.82, 2.24) is 5.32 Å². The third kappa shape index (κ3) is 4.80. The molecule has 0 aromatic heterocycles. The molecule has 0 fully saturated rings. The van der Waals surface area contributed by atoms with Crippen LogP contribution in [0.2, 0.25) is 0 Å². The first-order valence-corrected chi connectivity index (χ1v) is 6.79. The molecular weight excluding hydrogens is 270 g/mol. The highest BCUT2D eigenvalue weighted by atomic mass is 16.4. The highest BCUT2D eigenvalue weighted by Gasteiger charge is 2.19. The van der Waals surface area contributed by atoms with E-state index in [0.717, 1.165) is 12.0 Å². The first-order chi connectivity index (χ1) is 9.99. The summed E-state index contributed by atoms with van der Waals surface area (Å²) in [6.07, 6.45) is 1.94. The number of hydrogen-bond acceptors (Lipinski definition) is 3. The lowest BCUT2D eigenvalue weighted by Gasteiger charge is -2.15. The number of aryl methyl sites for hydroxylation is 1. The number of aliphatic carboxylic acids is 1. The molecule has 1 aromatic carbocycles. The van der Waals surface area contributed by atoms with Crippen LogP contribution in [0, 0.1) is 18.3 Å². The van der Waals surface area contributed by atoms with Gasteiger partial charge in [-0.05, 0) is 25.0 Å². The van der Waals surface area contributed by atoms with Crippen molar-refractivity contribution in [2.75, 3.05) is 5.32 Å². The van der Waals surface area contributed by atoms with Gasteiger partial charge in [-0.15, -0.1) is 0 Å². The number of carboxylic acid groups (broad SMARTS) is 1. The zero-order valence-corrected chi connectivity index (χ0v) is 12.1. The molecule has 0 aliphatic rings. The van der Waals surface area contributed by atoms with Crippen molar-refractivity contribution < 1.29 is 14.7 Å². The fourth-order valence-electron chi connectivity index (χ4n) is 1.90. The standard InChI is InChI=1S/C15H19N3O3/c1-3-4-7-13(14(19)20)18-15(21)17-12-8-5-6-10(2)11(12)9-16/h5-6,8,13H,3-4,7H2,1-2H3,(H,19,20)(H2,17,18,21)/t13-/m0/s1. The minimum absolute atomic E-state index is 0.369. The van der Waals surface area contributed by atoms with Crippen molar-refractivity contribution in [1.29, 1.82) is 5.26 Å². The molecule has 112 valence electrons. The quantitative estimate of drug-likeness (QED) is 0.749. The van der Waals surface area contributed by atoms with E-state index in [4.69, 9.17) is 10.4 Å². The van der Waals surface area contributed by atoms with Crippen LogP contribution in [0.3, 0.4) is 0 Å². The monoisotopic (exact) mass is 289 g/mol. The number of unbranched alkanes of at least 4 members (excludes halogenated alkanes) is 1. The van der Waals surface area contributed by atoms with Crippen molar-refractivity contribution >= 4 is 17.7 Å². The average molecular weight is 289 g/mol. The highest BCUT2D eigenvalue weighted by molar-refractivity contribution is 5.93. The summed E-state index contributed by atoms with van der Waals surface area (Å²) in [4.78, 5) is 23.0. The highest BCUT2D eigenvalue weighted by Crippen LogP contribution is 2.18. The molecule has 0 unspecified atom stereocenters. The van der Waals surface area contributed by atoms with E-state index >= 15 is 0 Å². The van der Waals surface area contributed by atoms with Crippen molar-refractivity contribution in [3.05, 3.63) is 29.3 Å². The molecule has 1 rings (SSSR count). The van der Waals surface area contributed by atoms with Gasteiger partial charge in [-0.25, -0.2) is 9.59 Å². The summed E-state index contributed by atoms with van der Waals surface area (Å²) in [6.45, 7) is 3.72. The molecule has 0 radical (unpaired) electrons. The molecule has 1 aromatic rings. The Bertz CT molecular complexity index is 564. The zero-order valence-electron chi connectivity index (χ0n) is 12.1. The lowest BCUT2D eigenvalue weighted by molar-refractivity contribution is -0.139. The third-order valence-corrected chi connectivity index (χ3v) is 3.08. The van der Waals surface area contributed by atoms with E-state index in [1.807, 2.05) is 13.0 Å². The Balaban J connectivity index is 2.75. The number of nitrogens with one attached hydrogen (secondary N) is 2. The van der Waals surface area contributed by atoms with E-state index in [0.29, 0.717) is 24.1 Å². The second kappa shape index (κ2) is 7.90. The van der Waals surface area contributed by atoms with Crippen molar-refractivity contribution in [2.24, 2.45) is 0 Å². The van der Waals surface area contributed by atoms with E-state index in [-0.39, 0.29) is 0 Å². The lowest BCUT2D eigenvalue weighted by Crippen LogP contribution is -2.43. The van der Waals surface area contributed by atoms with Crippen LogP contribution in [-0.2, 0) is 4.79 Å². The molecule has 0 aliphatic heterocycles. The van der Waals surface area contributed by atoms with Gasteiger partial charge in [0.1, 0.15) is 12.1 Å². The van der Waals surface area contributed by atoms with Gasteiger partial charge in [-0.2, -0.15) is 5.26 Å². The molecule has 1 atom stereocenters. The van der Waals surface area contributed by atoms with Crippen LogP contribution in [0.15, 0.2) is 18.2 Å². The fourth-order valence-corrected chi connectivity index (χ4v) is 1.90. The van der Waals surface area contributed by atoms with Gasteiger partial charge >= 0.3 is 12.0 Å². The Hall–Kier alpha value is -2.55. The summed E-state index contributed by atoms with van der Waals surface area (Å²) in [5, 5.41) is 23.1. The molecule has 0 aliphatic carbocycles. The molecule has 0 heterocycles. The smallest absolute Gasteiger partial charge is 0.326 e. The Labute approximate surface area is 123 Å². The number of carbonyl (C=O) groups excluding carboxylic acids is 1. The van der Waals surface area contributed by atoms with E-state index in [1.54, 1.807) is 25.1 Å². The molecule has 2 amide bonds. The molecule has 6 heteroatoms. The van der Waals surface area contributed by atoms with E-state index in [9.17, 15) is 9.59 Å². The molecule has 0 saturated heterocycles. The second-order valence-electron chi connectivity index (χ2n) is 4.74. The van der Waals surface area contributed by atoms with Crippen LogP contribution in [0.25, 0.3) is 0 Å². The predicted octanol–water partition coefficient (Wildman–Crippen LogP) is 2.63. The molecule has 0 bridgehead atoms. The van der Waals surface area contributed by atoms with E-state index < -0.39 is 18.0 Å². The molecule has 0 spiro atoms. The number of hydrogen-bond donors (Lipinski definition) is 3.